The molecule has 0 bridgehead atoms. The van der Waals surface area contributed by atoms with E-state index < -0.39 is 0 Å². The molecule has 1 saturated carbocycles. The van der Waals surface area contributed by atoms with Crippen LogP contribution in [-0.4, -0.2) is 11.1 Å². The van der Waals surface area contributed by atoms with Crippen molar-refractivity contribution in [1.82, 2.24) is 4.98 Å². The number of rotatable bonds is 3. The van der Waals surface area contributed by atoms with E-state index in [0.29, 0.717) is 6.10 Å². The molecule has 0 amide bonds. The Morgan fingerprint density at radius 2 is 1.89 bits per heavy atom. The number of hydrogen-bond donors (Lipinski definition) is 1. The number of aromatic nitrogens is 1. The molecule has 0 aromatic carbocycles. The van der Waals surface area contributed by atoms with Crippen molar-refractivity contribution in [2.75, 3.05) is 0 Å². The van der Waals surface area contributed by atoms with Crippen LogP contribution in [0.4, 0.5) is 0 Å². The Balaban J connectivity index is 1.96. The molecule has 0 radical (unpaired) electrons. The number of nitrogens with two attached hydrogens (primary N) is 1. The Bertz CT molecular complexity index is 365. The second-order valence-electron chi connectivity index (χ2n) is 5.88. The molecule has 0 spiro atoms. The lowest BCUT2D eigenvalue weighted by molar-refractivity contribution is 0.0967. The number of pyridine rings is 1. The van der Waals surface area contributed by atoms with Gasteiger partial charge in [0.15, 0.2) is 0 Å². The zero-order valence-corrected chi connectivity index (χ0v) is 11.6. The van der Waals surface area contributed by atoms with Gasteiger partial charge in [0.25, 0.3) is 0 Å². The first-order valence-electron chi connectivity index (χ1n) is 6.92. The molecule has 0 aliphatic heterocycles. The molecule has 1 aliphatic rings. The van der Waals surface area contributed by atoms with Gasteiger partial charge in [0.2, 0.25) is 5.88 Å². The summed E-state index contributed by atoms with van der Waals surface area (Å²) in [6, 6.07) is 3.96. The summed E-state index contributed by atoms with van der Waals surface area (Å²) in [4.78, 5) is 4.34. The highest BCUT2D eigenvalue weighted by molar-refractivity contribution is 5.20. The molecule has 100 valence electrons. The maximum absolute atomic E-state index is 5.98. The molecule has 3 heteroatoms. The molecule has 1 aromatic heterocycles. The van der Waals surface area contributed by atoms with Gasteiger partial charge in [-0.3, -0.25) is 0 Å². The minimum atomic E-state index is 0.0290. The Hall–Kier alpha value is -1.09. The fourth-order valence-electron chi connectivity index (χ4n) is 2.87. The number of nitrogens with zero attached hydrogens (tertiary/aromatic N) is 1. The van der Waals surface area contributed by atoms with Gasteiger partial charge in [0.1, 0.15) is 6.10 Å². The lowest BCUT2D eigenvalue weighted by Gasteiger charge is -2.31. The third kappa shape index (κ3) is 3.45. The average Bonchev–Trinajstić information content (AvgIpc) is 2.28. The van der Waals surface area contributed by atoms with Crippen LogP contribution in [0.2, 0.25) is 0 Å². The Morgan fingerprint density at radius 1 is 1.22 bits per heavy atom. The van der Waals surface area contributed by atoms with Crippen molar-refractivity contribution in [2.24, 2.45) is 17.6 Å². The Labute approximate surface area is 110 Å². The maximum Gasteiger partial charge on any atom is 0.213 e. The van der Waals surface area contributed by atoms with Crippen LogP contribution in [0.25, 0.3) is 0 Å². The second-order valence-corrected chi connectivity index (χ2v) is 5.88. The Morgan fingerprint density at radius 3 is 2.39 bits per heavy atom. The second kappa shape index (κ2) is 5.70. The van der Waals surface area contributed by atoms with E-state index in [1.165, 1.54) is 6.42 Å². The lowest BCUT2D eigenvalue weighted by Crippen LogP contribution is -2.28. The van der Waals surface area contributed by atoms with Gasteiger partial charge in [-0.1, -0.05) is 19.9 Å². The minimum Gasteiger partial charge on any atom is -0.474 e. The highest BCUT2D eigenvalue weighted by Crippen LogP contribution is 2.30. The summed E-state index contributed by atoms with van der Waals surface area (Å²) >= 11 is 0. The molecule has 2 rings (SSSR count). The van der Waals surface area contributed by atoms with E-state index in [1.807, 2.05) is 25.3 Å². The molecule has 1 heterocycles. The van der Waals surface area contributed by atoms with Crippen LogP contribution in [-0.2, 0) is 0 Å². The van der Waals surface area contributed by atoms with Gasteiger partial charge in [-0.25, -0.2) is 4.98 Å². The summed E-state index contributed by atoms with van der Waals surface area (Å²) in [5.74, 6) is 2.23. The van der Waals surface area contributed by atoms with Crippen LogP contribution >= 0.6 is 0 Å². The van der Waals surface area contributed by atoms with E-state index in [1.54, 1.807) is 0 Å². The SMILES string of the molecule is CC1CC(C)CC(Oc2ccc([C@@H](C)N)cn2)C1. The normalized spacial score (nSPS) is 29.9. The fraction of sp³-hybridized carbons (Fsp3) is 0.667. The van der Waals surface area contributed by atoms with Crippen molar-refractivity contribution in [3.63, 3.8) is 0 Å². The smallest absolute Gasteiger partial charge is 0.213 e. The summed E-state index contributed by atoms with van der Waals surface area (Å²) in [5.41, 5.74) is 6.85. The highest BCUT2D eigenvalue weighted by Gasteiger charge is 2.25. The van der Waals surface area contributed by atoms with Crippen LogP contribution < -0.4 is 10.5 Å². The minimum absolute atomic E-state index is 0.0290. The molecule has 1 fully saturated rings. The molecule has 2 N–H and O–H groups in total. The van der Waals surface area contributed by atoms with E-state index in [0.717, 1.165) is 36.1 Å². The largest absolute Gasteiger partial charge is 0.474 e. The summed E-state index contributed by atoms with van der Waals surface area (Å²) in [7, 11) is 0. The molecule has 3 atom stereocenters. The summed E-state index contributed by atoms with van der Waals surface area (Å²) in [5, 5.41) is 0. The maximum atomic E-state index is 5.98. The predicted octanol–water partition coefficient (Wildman–Crippen LogP) is 3.30. The molecule has 18 heavy (non-hydrogen) atoms. The fourth-order valence-corrected chi connectivity index (χ4v) is 2.87. The first-order chi connectivity index (χ1) is 8.54. The van der Waals surface area contributed by atoms with Crippen molar-refractivity contribution in [3.8, 4) is 5.88 Å². The number of ether oxygens (including phenoxy) is 1. The lowest BCUT2D eigenvalue weighted by atomic mass is 9.82. The summed E-state index contributed by atoms with van der Waals surface area (Å²) in [6.45, 7) is 6.57. The van der Waals surface area contributed by atoms with Crippen LogP contribution in [0.3, 0.4) is 0 Å². The van der Waals surface area contributed by atoms with Crippen LogP contribution in [0.15, 0.2) is 18.3 Å². The van der Waals surface area contributed by atoms with Gasteiger partial charge in [0.05, 0.1) is 0 Å². The molecule has 3 nitrogen and oxygen atoms in total. The zero-order valence-electron chi connectivity index (χ0n) is 11.6. The average molecular weight is 248 g/mol. The van der Waals surface area contributed by atoms with Crippen LogP contribution in [0.5, 0.6) is 5.88 Å². The monoisotopic (exact) mass is 248 g/mol. The standard InChI is InChI=1S/C15H24N2O/c1-10-6-11(2)8-14(7-10)18-15-5-4-13(9-17-15)12(3)16/h4-5,9-12,14H,6-8,16H2,1-3H3/t10?,11?,12-,14?/m1/s1. The summed E-state index contributed by atoms with van der Waals surface area (Å²) in [6.07, 6.45) is 5.73. The Kier molecular flexibility index (Phi) is 4.23. The van der Waals surface area contributed by atoms with Crippen molar-refractivity contribution in [3.05, 3.63) is 23.9 Å². The molecular formula is C15H24N2O. The van der Waals surface area contributed by atoms with E-state index in [-0.39, 0.29) is 6.04 Å². The van der Waals surface area contributed by atoms with E-state index in [9.17, 15) is 0 Å². The predicted molar refractivity (Wildman–Crippen MR) is 73.4 cm³/mol. The van der Waals surface area contributed by atoms with Gasteiger partial charge in [-0.2, -0.15) is 0 Å². The van der Waals surface area contributed by atoms with E-state index in [2.05, 4.69) is 18.8 Å². The number of hydrogen-bond acceptors (Lipinski definition) is 3. The topological polar surface area (TPSA) is 48.1 Å². The van der Waals surface area contributed by atoms with Gasteiger partial charge in [0, 0.05) is 18.3 Å². The first-order valence-corrected chi connectivity index (χ1v) is 6.92. The third-order valence-corrected chi connectivity index (χ3v) is 3.71. The molecule has 1 aromatic rings. The molecule has 0 saturated heterocycles. The van der Waals surface area contributed by atoms with Gasteiger partial charge >= 0.3 is 0 Å². The van der Waals surface area contributed by atoms with E-state index >= 15 is 0 Å². The van der Waals surface area contributed by atoms with Crippen molar-refractivity contribution in [1.29, 1.82) is 0 Å². The summed E-state index contributed by atoms with van der Waals surface area (Å²) < 4.78 is 5.98. The van der Waals surface area contributed by atoms with Crippen molar-refractivity contribution in [2.45, 2.75) is 52.2 Å². The van der Waals surface area contributed by atoms with Crippen LogP contribution in [0.1, 0.15) is 51.6 Å². The molecule has 2 unspecified atom stereocenters. The third-order valence-electron chi connectivity index (χ3n) is 3.71. The van der Waals surface area contributed by atoms with Gasteiger partial charge in [-0.05, 0) is 43.6 Å². The van der Waals surface area contributed by atoms with E-state index in [4.69, 9.17) is 10.5 Å². The molecular weight excluding hydrogens is 224 g/mol. The first kappa shape index (κ1) is 13.3. The van der Waals surface area contributed by atoms with Gasteiger partial charge < -0.3 is 10.5 Å². The van der Waals surface area contributed by atoms with Gasteiger partial charge in [-0.15, -0.1) is 0 Å². The highest BCUT2D eigenvalue weighted by atomic mass is 16.5. The zero-order chi connectivity index (χ0) is 13.1. The molecule has 1 aliphatic carbocycles. The van der Waals surface area contributed by atoms with Crippen LogP contribution in [0, 0.1) is 11.8 Å². The quantitative estimate of drug-likeness (QED) is 0.892. The van der Waals surface area contributed by atoms with Crippen molar-refractivity contribution >= 4 is 0 Å². The van der Waals surface area contributed by atoms with Crippen molar-refractivity contribution < 1.29 is 4.74 Å².